The summed E-state index contributed by atoms with van der Waals surface area (Å²) in [6.45, 7) is 4.07. The summed E-state index contributed by atoms with van der Waals surface area (Å²) in [7, 11) is 0. The number of hydrogen-bond acceptors (Lipinski definition) is 3. The molecule has 1 aromatic carbocycles. The fraction of sp³-hybridized carbons (Fsp3) is 0.533. The van der Waals surface area contributed by atoms with Gasteiger partial charge in [-0.25, -0.2) is 0 Å². The molecule has 2 N–H and O–H groups in total. The normalized spacial score (nSPS) is 17.7. The molecule has 0 aromatic heterocycles. The van der Waals surface area contributed by atoms with E-state index in [1.54, 1.807) is 0 Å². The first kappa shape index (κ1) is 15.5. The van der Waals surface area contributed by atoms with E-state index in [1.807, 2.05) is 31.2 Å². The van der Waals surface area contributed by atoms with Crippen molar-refractivity contribution in [2.24, 2.45) is 0 Å². The Morgan fingerprint density at radius 2 is 2.05 bits per heavy atom. The number of amides is 1. The fourth-order valence-electron chi connectivity index (χ4n) is 2.27. The van der Waals surface area contributed by atoms with Gasteiger partial charge in [0, 0.05) is 4.47 Å². The minimum absolute atomic E-state index is 0.00720. The van der Waals surface area contributed by atoms with Crippen molar-refractivity contribution in [1.29, 1.82) is 0 Å². The monoisotopic (exact) mass is 340 g/mol. The van der Waals surface area contributed by atoms with Crippen LogP contribution in [0.4, 0.5) is 0 Å². The zero-order chi connectivity index (χ0) is 14.4. The summed E-state index contributed by atoms with van der Waals surface area (Å²) in [4.78, 5) is 11.9. The topological polar surface area (TPSA) is 50.4 Å². The number of hydrogen-bond donors (Lipinski definition) is 2. The maximum absolute atomic E-state index is 11.9. The van der Waals surface area contributed by atoms with Crippen molar-refractivity contribution in [2.45, 2.75) is 31.9 Å². The fourth-order valence-corrected chi connectivity index (χ4v) is 2.54. The molecule has 1 aliphatic rings. The van der Waals surface area contributed by atoms with Crippen molar-refractivity contribution < 1.29 is 9.53 Å². The Balaban J connectivity index is 1.74. The highest BCUT2D eigenvalue weighted by atomic mass is 79.9. The number of rotatable bonds is 5. The Bertz CT molecular complexity index is 430. The van der Waals surface area contributed by atoms with Crippen LogP contribution in [0.1, 0.15) is 31.4 Å². The molecule has 4 nitrogen and oxygen atoms in total. The van der Waals surface area contributed by atoms with Crippen LogP contribution in [0, 0.1) is 0 Å². The van der Waals surface area contributed by atoms with Crippen molar-refractivity contribution in [3.63, 3.8) is 0 Å². The molecule has 1 aliphatic heterocycles. The second-order valence-corrected chi connectivity index (χ2v) is 6.02. The minimum Gasteiger partial charge on any atom is -0.368 e. The van der Waals surface area contributed by atoms with Crippen LogP contribution < -0.4 is 10.6 Å². The van der Waals surface area contributed by atoms with Crippen molar-refractivity contribution in [3.05, 3.63) is 34.3 Å². The summed E-state index contributed by atoms with van der Waals surface area (Å²) in [5, 5.41) is 6.24. The molecule has 0 saturated carbocycles. The molecule has 1 atom stereocenters. The SMILES string of the molecule is CC(NC(=O)COC1CCNCC1)c1ccc(Br)cc1. The van der Waals surface area contributed by atoms with Gasteiger partial charge < -0.3 is 15.4 Å². The van der Waals surface area contributed by atoms with Crippen molar-refractivity contribution >= 4 is 21.8 Å². The van der Waals surface area contributed by atoms with Crippen LogP contribution >= 0.6 is 15.9 Å². The standard InChI is InChI=1S/C15H21BrN2O2/c1-11(12-2-4-13(16)5-3-12)18-15(19)10-20-14-6-8-17-9-7-14/h2-5,11,14,17H,6-10H2,1H3,(H,18,19). The van der Waals surface area contributed by atoms with Crippen LogP contribution in [0.15, 0.2) is 28.7 Å². The van der Waals surface area contributed by atoms with E-state index in [0.717, 1.165) is 36.0 Å². The van der Waals surface area contributed by atoms with Gasteiger partial charge in [0.1, 0.15) is 6.61 Å². The highest BCUT2D eigenvalue weighted by Crippen LogP contribution is 2.16. The molecule has 1 saturated heterocycles. The van der Waals surface area contributed by atoms with E-state index < -0.39 is 0 Å². The zero-order valence-electron chi connectivity index (χ0n) is 11.7. The lowest BCUT2D eigenvalue weighted by Gasteiger charge is -2.23. The molecule has 0 bridgehead atoms. The second kappa shape index (κ2) is 7.76. The molecule has 110 valence electrons. The van der Waals surface area contributed by atoms with Crippen LogP contribution in [0.5, 0.6) is 0 Å². The third kappa shape index (κ3) is 4.89. The van der Waals surface area contributed by atoms with Crippen molar-refractivity contribution in [2.75, 3.05) is 19.7 Å². The molecule has 1 aromatic rings. The lowest BCUT2D eigenvalue weighted by molar-refractivity contribution is -0.128. The lowest BCUT2D eigenvalue weighted by Crippen LogP contribution is -2.36. The predicted octanol–water partition coefficient (Wildman–Crippen LogP) is 2.39. The molecule has 1 unspecified atom stereocenters. The Kier molecular flexibility index (Phi) is 6.01. The number of nitrogens with one attached hydrogen (secondary N) is 2. The van der Waals surface area contributed by atoms with E-state index in [9.17, 15) is 4.79 Å². The van der Waals surface area contributed by atoms with E-state index in [-0.39, 0.29) is 24.7 Å². The van der Waals surface area contributed by atoms with Crippen LogP contribution in [0.3, 0.4) is 0 Å². The van der Waals surface area contributed by atoms with Gasteiger partial charge in [0.2, 0.25) is 5.91 Å². The number of ether oxygens (including phenoxy) is 1. The molecule has 2 rings (SSSR count). The summed E-state index contributed by atoms with van der Waals surface area (Å²) < 4.78 is 6.68. The van der Waals surface area contributed by atoms with Gasteiger partial charge in [0.05, 0.1) is 12.1 Å². The number of halogens is 1. The van der Waals surface area contributed by atoms with Crippen LogP contribution in [0.2, 0.25) is 0 Å². The molecule has 0 radical (unpaired) electrons. The van der Waals surface area contributed by atoms with Crippen LogP contribution in [-0.2, 0) is 9.53 Å². The molecule has 0 spiro atoms. The zero-order valence-corrected chi connectivity index (χ0v) is 13.3. The van der Waals surface area contributed by atoms with E-state index >= 15 is 0 Å². The molecular weight excluding hydrogens is 320 g/mol. The predicted molar refractivity (Wildman–Crippen MR) is 82.5 cm³/mol. The Morgan fingerprint density at radius 1 is 1.40 bits per heavy atom. The maximum Gasteiger partial charge on any atom is 0.246 e. The Morgan fingerprint density at radius 3 is 2.70 bits per heavy atom. The summed E-state index contributed by atoms with van der Waals surface area (Å²) in [6, 6.07) is 7.95. The maximum atomic E-state index is 11.9. The van der Waals surface area contributed by atoms with E-state index in [4.69, 9.17) is 4.74 Å². The molecule has 1 fully saturated rings. The first-order valence-corrected chi connectivity index (χ1v) is 7.81. The van der Waals surface area contributed by atoms with Crippen LogP contribution in [0.25, 0.3) is 0 Å². The van der Waals surface area contributed by atoms with Gasteiger partial charge in [0.25, 0.3) is 0 Å². The first-order valence-electron chi connectivity index (χ1n) is 7.02. The molecule has 5 heteroatoms. The van der Waals surface area contributed by atoms with Gasteiger partial charge in [0.15, 0.2) is 0 Å². The first-order chi connectivity index (χ1) is 9.65. The highest BCUT2D eigenvalue weighted by molar-refractivity contribution is 9.10. The summed E-state index contributed by atoms with van der Waals surface area (Å²) in [6.07, 6.45) is 2.18. The largest absolute Gasteiger partial charge is 0.368 e. The van der Waals surface area contributed by atoms with Gasteiger partial charge in [-0.2, -0.15) is 0 Å². The number of piperidine rings is 1. The summed E-state index contributed by atoms with van der Waals surface area (Å²) in [5.41, 5.74) is 1.09. The van der Waals surface area contributed by atoms with Crippen molar-refractivity contribution in [1.82, 2.24) is 10.6 Å². The van der Waals surface area contributed by atoms with E-state index in [0.29, 0.717) is 0 Å². The average Bonchev–Trinajstić information content (AvgIpc) is 2.47. The van der Waals surface area contributed by atoms with E-state index in [2.05, 4.69) is 26.6 Å². The number of benzene rings is 1. The number of carbonyl (C=O) groups excluding carboxylic acids is 1. The number of carbonyl (C=O) groups is 1. The molecule has 20 heavy (non-hydrogen) atoms. The third-order valence-electron chi connectivity index (χ3n) is 3.48. The lowest BCUT2D eigenvalue weighted by atomic mass is 10.1. The Hall–Kier alpha value is -0.910. The summed E-state index contributed by atoms with van der Waals surface area (Å²) in [5.74, 6) is -0.0565. The second-order valence-electron chi connectivity index (χ2n) is 5.10. The average molecular weight is 341 g/mol. The molecule has 1 heterocycles. The minimum atomic E-state index is -0.0565. The van der Waals surface area contributed by atoms with Gasteiger partial charge in [-0.05, 0) is 50.6 Å². The Labute approximate surface area is 128 Å². The highest BCUT2D eigenvalue weighted by Gasteiger charge is 2.16. The van der Waals surface area contributed by atoms with Gasteiger partial charge in [-0.3, -0.25) is 4.79 Å². The van der Waals surface area contributed by atoms with Gasteiger partial charge in [-0.1, -0.05) is 28.1 Å². The molecule has 1 amide bonds. The molecule has 0 aliphatic carbocycles. The van der Waals surface area contributed by atoms with Gasteiger partial charge >= 0.3 is 0 Å². The van der Waals surface area contributed by atoms with E-state index in [1.165, 1.54) is 0 Å². The quantitative estimate of drug-likeness (QED) is 0.865. The van der Waals surface area contributed by atoms with Crippen molar-refractivity contribution in [3.8, 4) is 0 Å². The summed E-state index contributed by atoms with van der Waals surface area (Å²) >= 11 is 3.40. The van der Waals surface area contributed by atoms with Crippen LogP contribution in [-0.4, -0.2) is 31.7 Å². The smallest absolute Gasteiger partial charge is 0.246 e. The molecular formula is C15H21BrN2O2. The third-order valence-corrected chi connectivity index (χ3v) is 4.01. The van der Waals surface area contributed by atoms with Gasteiger partial charge in [-0.15, -0.1) is 0 Å².